The number of nitrogens with one attached hydrogen (secondary N) is 2. The fraction of sp³-hybridized carbons (Fsp3) is 0.444. The molecule has 176 valence electrons. The summed E-state index contributed by atoms with van der Waals surface area (Å²) in [5.74, 6) is -0.675. The van der Waals surface area contributed by atoms with Gasteiger partial charge in [-0.25, -0.2) is 0 Å². The Kier molecular flexibility index (Phi) is 5.43. The van der Waals surface area contributed by atoms with Crippen LogP contribution in [0.5, 0.6) is 0 Å². The molecular weight excluding hydrogens is 541 g/mol. The Morgan fingerprint density at radius 3 is 2.47 bits per heavy atom. The van der Waals surface area contributed by atoms with E-state index >= 15 is 0 Å². The quantitative estimate of drug-likeness (QED) is 0.399. The second-order valence-corrected chi connectivity index (χ2v) is 11.4. The molecule has 3 heterocycles. The van der Waals surface area contributed by atoms with Crippen LogP contribution in [0.1, 0.15) is 84.8 Å². The molecule has 2 aromatic rings. The van der Waals surface area contributed by atoms with Crippen LogP contribution >= 0.6 is 22.6 Å². The highest BCUT2D eigenvalue weighted by molar-refractivity contribution is 14.1. The molecule has 3 atom stereocenters. The average molecular weight is 569 g/mol. The molecule has 1 saturated heterocycles. The highest BCUT2D eigenvalue weighted by atomic mass is 127. The first-order valence-electron chi connectivity index (χ1n) is 12.3. The van der Waals surface area contributed by atoms with Crippen LogP contribution in [0.3, 0.4) is 0 Å². The number of rotatable bonds is 2. The minimum atomic E-state index is -0.643. The summed E-state index contributed by atoms with van der Waals surface area (Å²) in [7, 11) is 0. The lowest BCUT2D eigenvalue weighted by atomic mass is 9.71. The van der Waals surface area contributed by atoms with Gasteiger partial charge in [0.25, 0.3) is 5.91 Å². The Morgan fingerprint density at radius 1 is 0.941 bits per heavy atom. The number of amides is 3. The van der Waals surface area contributed by atoms with Gasteiger partial charge in [0.05, 0.1) is 6.04 Å². The number of imide groups is 1. The number of anilines is 1. The maximum Gasteiger partial charge on any atom is 0.255 e. The molecule has 1 aliphatic carbocycles. The predicted molar refractivity (Wildman–Crippen MR) is 137 cm³/mol. The number of nitrogens with zero attached hydrogens (tertiary/aromatic N) is 1. The molecule has 7 heteroatoms. The van der Waals surface area contributed by atoms with Crippen molar-refractivity contribution in [2.45, 2.75) is 74.9 Å². The monoisotopic (exact) mass is 569 g/mol. The normalized spacial score (nSPS) is 27.7. The molecule has 3 amide bonds. The second kappa shape index (κ2) is 8.36. The molecule has 4 aliphatic rings. The molecule has 1 saturated carbocycles. The Hall–Kier alpha value is -2.42. The number of hydrogen-bond donors (Lipinski definition) is 2. The highest BCUT2D eigenvalue weighted by Gasteiger charge is 2.56. The summed E-state index contributed by atoms with van der Waals surface area (Å²) in [6.45, 7) is 0. The molecule has 2 N–H and O–H groups in total. The largest absolute Gasteiger partial charge is 0.379 e. The van der Waals surface area contributed by atoms with E-state index in [4.69, 9.17) is 0 Å². The molecular formula is C27H28IN3O3. The zero-order chi connectivity index (χ0) is 23.4. The molecule has 2 fully saturated rings. The van der Waals surface area contributed by atoms with Crippen LogP contribution in [-0.4, -0.2) is 34.2 Å². The maximum absolute atomic E-state index is 13.9. The van der Waals surface area contributed by atoms with Gasteiger partial charge >= 0.3 is 0 Å². The summed E-state index contributed by atoms with van der Waals surface area (Å²) in [4.78, 5) is 40.7. The van der Waals surface area contributed by atoms with E-state index < -0.39 is 6.04 Å². The number of hydrogen-bond acceptors (Lipinski definition) is 4. The zero-order valence-corrected chi connectivity index (χ0v) is 21.1. The van der Waals surface area contributed by atoms with Crippen LogP contribution < -0.4 is 10.6 Å². The Bertz CT molecular complexity index is 1190. The van der Waals surface area contributed by atoms with Crippen molar-refractivity contribution in [2.24, 2.45) is 0 Å². The van der Waals surface area contributed by atoms with Crippen molar-refractivity contribution in [1.29, 1.82) is 0 Å². The van der Waals surface area contributed by atoms with Crippen molar-refractivity contribution in [1.82, 2.24) is 10.2 Å². The van der Waals surface area contributed by atoms with Crippen molar-refractivity contribution >= 4 is 46.0 Å². The standard InChI is InChI=1S/C27H28IN3O3/c28-16-9-10-17-19(15-16)24(31(26(17)34)21-11-12-22(32)29-25(21)33)23-18-7-3-4-8-20(18)30-27(23)13-5-1-2-6-14-27/h3-4,7-10,15,21,23-24,30H,1-2,5-6,11-14H2,(H,29,32,33). The molecule has 2 aromatic carbocycles. The Balaban J connectivity index is 1.54. The van der Waals surface area contributed by atoms with Gasteiger partial charge in [-0.2, -0.15) is 0 Å². The molecule has 0 aromatic heterocycles. The third-order valence-corrected chi connectivity index (χ3v) is 8.90. The lowest BCUT2D eigenvalue weighted by Gasteiger charge is -2.44. The molecule has 6 nitrogen and oxygen atoms in total. The molecule has 0 bridgehead atoms. The van der Waals surface area contributed by atoms with Crippen LogP contribution in [0.2, 0.25) is 0 Å². The summed E-state index contributed by atoms with van der Waals surface area (Å²) >= 11 is 2.30. The van der Waals surface area contributed by atoms with Crippen molar-refractivity contribution in [3.05, 3.63) is 62.7 Å². The fourth-order valence-corrected chi connectivity index (χ4v) is 7.32. The predicted octanol–water partition coefficient (Wildman–Crippen LogP) is 4.90. The first-order valence-corrected chi connectivity index (χ1v) is 13.4. The van der Waals surface area contributed by atoms with Gasteiger partial charge < -0.3 is 10.2 Å². The van der Waals surface area contributed by atoms with E-state index in [0.717, 1.165) is 40.5 Å². The maximum atomic E-state index is 13.9. The van der Waals surface area contributed by atoms with E-state index in [1.54, 1.807) is 0 Å². The number of piperidine rings is 1. The van der Waals surface area contributed by atoms with E-state index in [-0.39, 0.29) is 41.6 Å². The first kappa shape index (κ1) is 22.1. The van der Waals surface area contributed by atoms with Gasteiger partial charge in [-0.05, 0) is 77.2 Å². The number of halogens is 1. The van der Waals surface area contributed by atoms with Crippen LogP contribution in [0.25, 0.3) is 0 Å². The van der Waals surface area contributed by atoms with Crippen molar-refractivity contribution in [3.63, 3.8) is 0 Å². The molecule has 34 heavy (non-hydrogen) atoms. The van der Waals surface area contributed by atoms with Crippen molar-refractivity contribution in [3.8, 4) is 0 Å². The van der Waals surface area contributed by atoms with Crippen LogP contribution in [-0.2, 0) is 9.59 Å². The summed E-state index contributed by atoms with van der Waals surface area (Å²) in [5, 5.41) is 6.41. The first-order chi connectivity index (χ1) is 16.5. The third-order valence-electron chi connectivity index (χ3n) is 8.23. The summed E-state index contributed by atoms with van der Waals surface area (Å²) in [6.07, 6.45) is 7.45. The van der Waals surface area contributed by atoms with Gasteiger partial charge in [-0.3, -0.25) is 19.7 Å². The average Bonchev–Trinajstić information content (AvgIpc) is 3.13. The highest BCUT2D eigenvalue weighted by Crippen LogP contribution is 2.58. The van der Waals surface area contributed by atoms with Gasteiger partial charge in [0.15, 0.2) is 0 Å². The fourth-order valence-electron chi connectivity index (χ4n) is 6.80. The molecule has 3 unspecified atom stereocenters. The number of carbonyl (C=O) groups is 3. The number of para-hydroxylation sites is 1. The van der Waals surface area contributed by atoms with E-state index in [9.17, 15) is 14.4 Å². The summed E-state index contributed by atoms with van der Waals surface area (Å²) in [6, 6.07) is 13.6. The Morgan fingerprint density at radius 2 is 1.71 bits per heavy atom. The third kappa shape index (κ3) is 3.38. The van der Waals surface area contributed by atoms with Crippen LogP contribution in [0.4, 0.5) is 5.69 Å². The van der Waals surface area contributed by atoms with Gasteiger partial charge in [0, 0.05) is 32.7 Å². The minimum Gasteiger partial charge on any atom is -0.379 e. The lowest BCUT2D eigenvalue weighted by molar-refractivity contribution is -0.137. The number of carbonyl (C=O) groups excluding carboxylic acids is 3. The van der Waals surface area contributed by atoms with Gasteiger partial charge in [-0.15, -0.1) is 0 Å². The molecule has 3 aliphatic heterocycles. The summed E-state index contributed by atoms with van der Waals surface area (Å²) in [5.41, 5.74) is 3.90. The van der Waals surface area contributed by atoms with E-state index in [0.29, 0.717) is 12.0 Å². The number of fused-ring (bicyclic) bond motifs is 2. The summed E-state index contributed by atoms with van der Waals surface area (Å²) < 4.78 is 1.08. The van der Waals surface area contributed by atoms with Gasteiger partial charge in [0.1, 0.15) is 6.04 Å². The topological polar surface area (TPSA) is 78.5 Å². The van der Waals surface area contributed by atoms with Crippen molar-refractivity contribution in [2.75, 3.05) is 5.32 Å². The smallest absolute Gasteiger partial charge is 0.255 e. The zero-order valence-electron chi connectivity index (χ0n) is 19.0. The SMILES string of the molecule is O=C1CCC(N2C(=O)c3ccc(I)cc3C2C2c3ccccc3NC23CCCCCC3)C(=O)N1. The van der Waals surface area contributed by atoms with E-state index in [2.05, 4.69) is 63.6 Å². The number of benzene rings is 2. The minimum absolute atomic E-state index is 0.0376. The molecule has 1 spiro atoms. The molecule has 0 radical (unpaired) electrons. The van der Waals surface area contributed by atoms with E-state index in [1.807, 2.05) is 17.0 Å². The van der Waals surface area contributed by atoms with E-state index in [1.165, 1.54) is 18.4 Å². The van der Waals surface area contributed by atoms with Crippen LogP contribution in [0, 0.1) is 3.57 Å². The second-order valence-electron chi connectivity index (χ2n) is 10.1. The van der Waals surface area contributed by atoms with Crippen LogP contribution in [0.15, 0.2) is 42.5 Å². The van der Waals surface area contributed by atoms with Gasteiger partial charge in [0.2, 0.25) is 11.8 Å². The molecule has 6 rings (SSSR count). The Labute approximate surface area is 213 Å². The van der Waals surface area contributed by atoms with Gasteiger partial charge in [-0.1, -0.05) is 43.9 Å². The van der Waals surface area contributed by atoms with Crippen molar-refractivity contribution < 1.29 is 14.4 Å². The lowest BCUT2D eigenvalue weighted by Crippen LogP contribution is -2.55.